The standard InChI is InChI=1S/C29H35N5O5/c35-25(36)18-24(20-11-7-14-22(17-20)34(38)39)31-29(37)23-15-8-16-33-27(23)32-26(19-9-3-1-4-10-19)28(33)30-21-12-5-2-6-13-21/h7-8,11,14-17,19,21,24,30H,1-6,9-10,12-13,18H2,(H,31,37)(H,35,36). The van der Waals surface area contributed by atoms with Crippen LogP contribution in [0.4, 0.5) is 11.5 Å². The van der Waals surface area contributed by atoms with Crippen molar-refractivity contribution in [2.45, 2.75) is 88.6 Å². The van der Waals surface area contributed by atoms with Gasteiger partial charge in [-0.25, -0.2) is 4.98 Å². The number of imidazole rings is 1. The van der Waals surface area contributed by atoms with Crippen LogP contribution in [0.5, 0.6) is 0 Å². The molecule has 2 aliphatic rings. The number of nitro benzene ring substituents is 1. The van der Waals surface area contributed by atoms with Crippen molar-refractivity contribution >= 4 is 29.0 Å². The van der Waals surface area contributed by atoms with E-state index in [9.17, 15) is 24.8 Å². The number of aromatic nitrogens is 2. The molecule has 1 atom stereocenters. The highest BCUT2D eigenvalue weighted by Gasteiger charge is 2.28. The third-order valence-electron chi connectivity index (χ3n) is 8.03. The normalized spacial score (nSPS) is 17.5. The third-order valence-corrected chi connectivity index (χ3v) is 8.03. The monoisotopic (exact) mass is 533 g/mol. The van der Waals surface area contributed by atoms with E-state index in [-0.39, 0.29) is 5.69 Å². The zero-order chi connectivity index (χ0) is 27.4. The second-order valence-electron chi connectivity index (χ2n) is 10.8. The maximum Gasteiger partial charge on any atom is 0.305 e. The van der Waals surface area contributed by atoms with Crippen molar-refractivity contribution in [1.29, 1.82) is 0 Å². The Hall–Kier alpha value is -3.95. The zero-order valence-electron chi connectivity index (χ0n) is 22.0. The van der Waals surface area contributed by atoms with E-state index in [1.807, 2.05) is 10.6 Å². The van der Waals surface area contributed by atoms with Gasteiger partial charge in [-0.05, 0) is 43.4 Å². The average Bonchev–Trinajstić information content (AvgIpc) is 3.32. The molecule has 0 bridgehead atoms. The molecule has 0 aliphatic heterocycles. The number of nitrogens with zero attached hydrogens (tertiary/aromatic N) is 3. The molecule has 39 heavy (non-hydrogen) atoms. The number of pyridine rings is 1. The maximum absolute atomic E-state index is 13.6. The molecule has 0 radical (unpaired) electrons. The van der Waals surface area contributed by atoms with Crippen LogP contribution in [0, 0.1) is 10.1 Å². The van der Waals surface area contributed by atoms with E-state index in [1.54, 1.807) is 18.2 Å². The van der Waals surface area contributed by atoms with Crippen LogP contribution >= 0.6 is 0 Å². The van der Waals surface area contributed by atoms with E-state index >= 15 is 0 Å². The van der Waals surface area contributed by atoms with Gasteiger partial charge in [-0.15, -0.1) is 0 Å². The van der Waals surface area contributed by atoms with Gasteiger partial charge in [-0.3, -0.25) is 24.1 Å². The molecule has 3 N–H and O–H groups in total. The molecule has 1 aromatic carbocycles. The molecule has 0 saturated heterocycles. The maximum atomic E-state index is 13.6. The van der Waals surface area contributed by atoms with Crippen molar-refractivity contribution in [2.24, 2.45) is 0 Å². The number of carbonyl (C=O) groups excluding carboxylic acids is 1. The summed E-state index contributed by atoms with van der Waals surface area (Å²) in [5, 5.41) is 27.4. The molecule has 2 heterocycles. The Kier molecular flexibility index (Phi) is 8.09. The van der Waals surface area contributed by atoms with E-state index in [4.69, 9.17) is 4.98 Å². The van der Waals surface area contributed by atoms with Gasteiger partial charge in [0.25, 0.3) is 11.6 Å². The SMILES string of the molecule is O=C(O)CC(NC(=O)c1cccn2c(NC3CCCCC3)c(C3CCCCC3)nc12)c1cccc([N+](=O)[O-])c1. The number of carbonyl (C=O) groups is 2. The Morgan fingerprint density at radius 2 is 1.77 bits per heavy atom. The van der Waals surface area contributed by atoms with Crippen LogP contribution in [-0.4, -0.2) is 37.3 Å². The molecule has 10 heteroatoms. The number of aliphatic carboxylic acids is 1. The van der Waals surface area contributed by atoms with Crippen LogP contribution in [0.3, 0.4) is 0 Å². The lowest BCUT2D eigenvalue weighted by Gasteiger charge is -2.26. The van der Waals surface area contributed by atoms with Gasteiger partial charge in [0.15, 0.2) is 5.65 Å². The van der Waals surface area contributed by atoms with Gasteiger partial charge in [0.2, 0.25) is 0 Å². The second-order valence-corrected chi connectivity index (χ2v) is 10.8. The number of amides is 1. The summed E-state index contributed by atoms with van der Waals surface area (Å²) in [4.78, 5) is 41.0. The van der Waals surface area contributed by atoms with Crippen molar-refractivity contribution < 1.29 is 19.6 Å². The topological polar surface area (TPSA) is 139 Å². The second kappa shape index (κ2) is 11.8. The fraction of sp³-hybridized carbons (Fsp3) is 0.483. The summed E-state index contributed by atoms with van der Waals surface area (Å²) in [6.07, 6.45) is 13.1. The molecule has 206 valence electrons. The quantitative estimate of drug-likeness (QED) is 0.227. The predicted octanol–water partition coefficient (Wildman–Crippen LogP) is 5.98. The van der Waals surface area contributed by atoms with E-state index in [0.717, 1.165) is 50.0 Å². The molecule has 5 rings (SSSR count). The van der Waals surface area contributed by atoms with Gasteiger partial charge < -0.3 is 15.7 Å². The molecule has 2 saturated carbocycles. The molecule has 2 fully saturated rings. The minimum absolute atomic E-state index is 0.164. The number of hydrogen-bond donors (Lipinski definition) is 3. The molecule has 1 unspecified atom stereocenters. The third kappa shape index (κ3) is 6.05. The Morgan fingerprint density at radius 3 is 2.46 bits per heavy atom. The number of fused-ring (bicyclic) bond motifs is 1. The fourth-order valence-corrected chi connectivity index (χ4v) is 6.02. The van der Waals surface area contributed by atoms with Crippen molar-refractivity contribution in [3.05, 3.63) is 69.5 Å². The Bertz CT molecular complexity index is 1360. The molecule has 2 aliphatic carbocycles. The van der Waals surface area contributed by atoms with E-state index in [0.29, 0.717) is 28.7 Å². The number of nitro groups is 1. The Balaban J connectivity index is 1.50. The number of rotatable bonds is 9. The van der Waals surface area contributed by atoms with Crippen LogP contribution in [0.15, 0.2) is 42.6 Å². The summed E-state index contributed by atoms with van der Waals surface area (Å²) in [6.45, 7) is 0. The first-order chi connectivity index (χ1) is 18.9. The molecule has 1 amide bonds. The van der Waals surface area contributed by atoms with E-state index < -0.39 is 29.3 Å². The highest BCUT2D eigenvalue weighted by Crippen LogP contribution is 2.38. The summed E-state index contributed by atoms with van der Waals surface area (Å²) in [7, 11) is 0. The zero-order valence-corrected chi connectivity index (χ0v) is 22.0. The number of benzene rings is 1. The van der Waals surface area contributed by atoms with E-state index in [1.165, 1.54) is 43.9 Å². The highest BCUT2D eigenvalue weighted by atomic mass is 16.6. The van der Waals surface area contributed by atoms with Gasteiger partial charge >= 0.3 is 5.97 Å². The Labute approximate surface area is 227 Å². The molecule has 10 nitrogen and oxygen atoms in total. The summed E-state index contributed by atoms with van der Waals surface area (Å²) in [6, 6.07) is 8.64. The largest absolute Gasteiger partial charge is 0.481 e. The van der Waals surface area contributed by atoms with Gasteiger partial charge in [-0.2, -0.15) is 0 Å². The number of carboxylic acid groups (broad SMARTS) is 1. The van der Waals surface area contributed by atoms with Gasteiger partial charge in [0.05, 0.1) is 28.6 Å². The molecule has 3 aromatic rings. The lowest BCUT2D eigenvalue weighted by molar-refractivity contribution is -0.384. The molecular weight excluding hydrogens is 498 g/mol. The van der Waals surface area contributed by atoms with Crippen LogP contribution in [0.1, 0.15) is 104 Å². The number of nitrogens with one attached hydrogen (secondary N) is 2. The molecular formula is C29H35N5O5. The summed E-state index contributed by atoms with van der Waals surface area (Å²) in [5.41, 5.74) is 2.07. The summed E-state index contributed by atoms with van der Waals surface area (Å²) < 4.78 is 1.97. The predicted molar refractivity (Wildman–Crippen MR) is 147 cm³/mol. The minimum atomic E-state index is -1.12. The van der Waals surface area contributed by atoms with Crippen molar-refractivity contribution in [2.75, 3.05) is 5.32 Å². The van der Waals surface area contributed by atoms with Crippen LogP contribution < -0.4 is 10.6 Å². The number of non-ortho nitro benzene ring substituents is 1. The van der Waals surface area contributed by atoms with Gasteiger partial charge in [0, 0.05) is 30.3 Å². The number of hydrogen-bond acceptors (Lipinski definition) is 6. The first kappa shape index (κ1) is 26.6. The number of carboxylic acids is 1. The van der Waals surface area contributed by atoms with Crippen LogP contribution in [-0.2, 0) is 4.79 Å². The summed E-state index contributed by atoms with van der Waals surface area (Å²) >= 11 is 0. The first-order valence-corrected chi connectivity index (χ1v) is 13.9. The molecule has 2 aromatic heterocycles. The Morgan fingerprint density at radius 1 is 1.05 bits per heavy atom. The fourth-order valence-electron chi connectivity index (χ4n) is 6.02. The minimum Gasteiger partial charge on any atom is -0.481 e. The van der Waals surface area contributed by atoms with Crippen molar-refractivity contribution in [1.82, 2.24) is 14.7 Å². The highest BCUT2D eigenvalue weighted by molar-refractivity contribution is 6.00. The van der Waals surface area contributed by atoms with Crippen molar-refractivity contribution in [3.63, 3.8) is 0 Å². The smallest absolute Gasteiger partial charge is 0.305 e. The van der Waals surface area contributed by atoms with Crippen LogP contribution in [0.25, 0.3) is 5.65 Å². The van der Waals surface area contributed by atoms with Crippen LogP contribution in [0.2, 0.25) is 0 Å². The lowest BCUT2D eigenvalue weighted by atomic mass is 9.86. The van der Waals surface area contributed by atoms with Crippen molar-refractivity contribution in [3.8, 4) is 0 Å². The van der Waals surface area contributed by atoms with E-state index in [2.05, 4.69) is 10.6 Å². The van der Waals surface area contributed by atoms with Gasteiger partial charge in [-0.1, -0.05) is 50.7 Å². The lowest BCUT2D eigenvalue weighted by Crippen LogP contribution is -2.30. The molecule has 0 spiro atoms. The average molecular weight is 534 g/mol. The summed E-state index contributed by atoms with van der Waals surface area (Å²) in [5.74, 6) is -0.309. The first-order valence-electron chi connectivity index (χ1n) is 13.9. The van der Waals surface area contributed by atoms with Gasteiger partial charge in [0.1, 0.15) is 5.82 Å². The number of anilines is 1.